The summed E-state index contributed by atoms with van der Waals surface area (Å²) in [5.74, 6) is -0.692. The first-order valence-corrected chi connectivity index (χ1v) is 6.07. The fraction of sp³-hybridized carbons (Fsp3) is 0.462. The Hall–Kier alpha value is -2.12. The van der Waals surface area contributed by atoms with Gasteiger partial charge < -0.3 is 9.30 Å². The van der Waals surface area contributed by atoms with Crippen molar-refractivity contribution in [3.63, 3.8) is 0 Å². The van der Waals surface area contributed by atoms with Gasteiger partial charge in [0.25, 0.3) is 0 Å². The number of rotatable bonds is 2. The molecule has 0 unspecified atom stereocenters. The van der Waals surface area contributed by atoms with E-state index in [1.54, 1.807) is 0 Å². The van der Waals surface area contributed by atoms with Gasteiger partial charge in [-0.25, -0.2) is 9.78 Å². The minimum absolute atomic E-state index is 0.0204. The van der Waals surface area contributed by atoms with Crippen molar-refractivity contribution in [1.82, 2.24) is 14.5 Å². The number of hydrogen-bond acceptors (Lipinski definition) is 4. The van der Waals surface area contributed by atoms with Crippen LogP contribution >= 0.6 is 0 Å². The number of nitrogens with zero attached hydrogens (tertiary/aromatic N) is 3. The van der Waals surface area contributed by atoms with Crippen LogP contribution < -0.4 is 0 Å². The molecule has 2 aromatic heterocycles. The van der Waals surface area contributed by atoms with Crippen LogP contribution in [-0.2, 0) is 17.2 Å². The van der Waals surface area contributed by atoms with E-state index >= 15 is 0 Å². The molecular weight excluding hydrogens is 287 g/mol. The Bertz CT molecular complexity index is 704. The van der Waals surface area contributed by atoms with Gasteiger partial charge in [-0.05, 0) is 19.9 Å². The van der Waals surface area contributed by atoms with E-state index in [-0.39, 0.29) is 22.6 Å². The first kappa shape index (κ1) is 15.3. The van der Waals surface area contributed by atoms with E-state index in [2.05, 4.69) is 14.7 Å². The Morgan fingerprint density at radius 2 is 1.95 bits per heavy atom. The number of ether oxygens (including phenoxy) is 1. The van der Waals surface area contributed by atoms with E-state index in [0.29, 0.717) is 0 Å². The third kappa shape index (κ3) is 2.34. The first-order chi connectivity index (χ1) is 9.59. The lowest BCUT2D eigenvalue weighted by Gasteiger charge is -2.28. The lowest BCUT2D eigenvalue weighted by Crippen LogP contribution is -2.37. The van der Waals surface area contributed by atoms with Gasteiger partial charge in [-0.2, -0.15) is 13.2 Å². The fourth-order valence-electron chi connectivity index (χ4n) is 2.03. The van der Waals surface area contributed by atoms with Crippen molar-refractivity contribution in [2.45, 2.75) is 25.4 Å². The summed E-state index contributed by atoms with van der Waals surface area (Å²) in [7, 11) is 2.65. The molecule has 0 saturated carbocycles. The molecule has 0 aromatic carbocycles. The van der Waals surface area contributed by atoms with Crippen LogP contribution in [0.5, 0.6) is 0 Å². The number of alkyl halides is 3. The quantitative estimate of drug-likeness (QED) is 0.800. The topological polar surface area (TPSA) is 57.0 Å². The zero-order valence-electron chi connectivity index (χ0n) is 11.9. The average Bonchev–Trinajstić information content (AvgIpc) is 2.74. The van der Waals surface area contributed by atoms with Crippen molar-refractivity contribution in [2.24, 2.45) is 7.05 Å². The van der Waals surface area contributed by atoms with E-state index in [1.165, 1.54) is 31.0 Å². The summed E-state index contributed by atoms with van der Waals surface area (Å²) in [5.41, 5.74) is -1.60. The molecule has 0 saturated heterocycles. The van der Waals surface area contributed by atoms with Crippen molar-refractivity contribution in [2.75, 3.05) is 7.11 Å². The highest BCUT2D eigenvalue weighted by molar-refractivity contribution is 5.89. The Morgan fingerprint density at radius 1 is 1.33 bits per heavy atom. The first-order valence-electron chi connectivity index (χ1n) is 6.07. The predicted molar refractivity (Wildman–Crippen MR) is 68.9 cm³/mol. The van der Waals surface area contributed by atoms with Crippen LogP contribution in [-0.4, -0.2) is 33.8 Å². The standard InChI is InChI=1S/C13H14F3N3O2/c1-12(2,13(14,15)16)9-5-7-10(19(9)3)18-8(6-17-7)11(20)21-4/h5-6H,1-4H3. The van der Waals surface area contributed by atoms with Crippen molar-refractivity contribution >= 4 is 17.1 Å². The van der Waals surface area contributed by atoms with E-state index < -0.39 is 17.6 Å². The average molecular weight is 301 g/mol. The van der Waals surface area contributed by atoms with E-state index in [9.17, 15) is 18.0 Å². The molecule has 2 rings (SSSR count). The molecule has 2 heterocycles. The molecule has 0 fully saturated rings. The number of esters is 1. The van der Waals surface area contributed by atoms with Gasteiger partial charge in [0.05, 0.1) is 13.3 Å². The van der Waals surface area contributed by atoms with Crippen LogP contribution in [0.4, 0.5) is 13.2 Å². The molecule has 0 atom stereocenters. The van der Waals surface area contributed by atoms with Gasteiger partial charge >= 0.3 is 12.1 Å². The van der Waals surface area contributed by atoms with Crippen LogP contribution in [0.3, 0.4) is 0 Å². The summed E-state index contributed by atoms with van der Waals surface area (Å²) >= 11 is 0. The maximum atomic E-state index is 13.2. The number of halogens is 3. The summed E-state index contributed by atoms with van der Waals surface area (Å²) in [5, 5.41) is 0. The van der Waals surface area contributed by atoms with Crippen molar-refractivity contribution in [3.8, 4) is 0 Å². The molecule has 0 bridgehead atoms. The van der Waals surface area contributed by atoms with Gasteiger partial charge in [0.1, 0.15) is 10.9 Å². The highest BCUT2D eigenvalue weighted by Crippen LogP contribution is 2.41. The summed E-state index contributed by atoms with van der Waals surface area (Å²) in [6.45, 7) is 2.17. The molecule has 0 radical (unpaired) electrons. The van der Waals surface area contributed by atoms with Crippen LogP contribution in [0.15, 0.2) is 12.3 Å². The van der Waals surface area contributed by atoms with Gasteiger partial charge in [0.15, 0.2) is 11.3 Å². The molecule has 0 N–H and O–H groups in total. The van der Waals surface area contributed by atoms with Crippen LogP contribution in [0.25, 0.3) is 11.2 Å². The zero-order valence-corrected chi connectivity index (χ0v) is 11.9. The molecule has 8 heteroatoms. The second-order valence-electron chi connectivity index (χ2n) is 5.17. The normalized spacial score (nSPS) is 12.7. The third-order valence-electron chi connectivity index (χ3n) is 3.48. The minimum atomic E-state index is -4.42. The summed E-state index contributed by atoms with van der Waals surface area (Å²) in [6.07, 6.45) is -3.24. The molecule has 2 aromatic rings. The molecule has 0 aliphatic carbocycles. The predicted octanol–water partition coefficient (Wildman–Crippen LogP) is 2.59. The maximum absolute atomic E-state index is 13.2. The minimum Gasteiger partial charge on any atom is -0.464 e. The Kier molecular flexibility index (Phi) is 3.43. The number of aryl methyl sites for hydroxylation is 1. The lowest BCUT2D eigenvalue weighted by atomic mass is 9.88. The van der Waals surface area contributed by atoms with Gasteiger partial charge in [-0.15, -0.1) is 0 Å². The van der Waals surface area contributed by atoms with Crippen LogP contribution in [0.2, 0.25) is 0 Å². The molecule has 0 aliphatic heterocycles. The number of methoxy groups -OCH3 is 1. The number of carbonyl (C=O) groups is 1. The van der Waals surface area contributed by atoms with Gasteiger partial charge in [0, 0.05) is 12.7 Å². The van der Waals surface area contributed by atoms with Gasteiger partial charge in [0.2, 0.25) is 0 Å². The largest absolute Gasteiger partial charge is 0.464 e. The molecule has 0 spiro atoms. The van der Waals surface area contributed by atoms with Crippen LogP contribution in [0, 0.1) is 0 Å². The highest BCUT2D eigenvalue weighted by atomic mass is 19.4. The SMILES string of the molecule is COC(=O)c1cnc2cc(C(C)(C)C(F)(F)F)n(C)c2n1. The van der Waals surface area contributed by atoms with E-state index in [0.717, 1.165) is 13.8 Å². The summed E-state index contributed by atoms with van der Waals surface area (Å²) < 4.78 is 45.3. The lowest BCUT2D eigenvalue weighted by molar-refractivity contribution is -0.181. The van der Waals surface area contributed by atoms with Crippen molar-refractivity contribution in [1.29, 1.82) is 0 Å². The van der Waals surface area contributed by atoms with Gasteiger partial charge in [-0.1, -0.05) is 0 Å². The third-order valence-corrected chi connectivity index (χ3v) is 3.48. The molecule has 0 aliphatic rings. The van der Waals surface area contributed by atoms with Crippen molar-refractivity contribution < 1.29 is 22.7 Å². The monoisotopic (exact) mass is 301 g/mol. The highest BCUT2D eigenvalue weighted by Gasteiger charge is 2.50. The number of fused-ring (bicyclic) bond motifs is 1. The smallest absolute Gasteiger partial charge is 0.399 e. The molecular formula is C13H14F3N3O2. The second-order valence-corrected chi connectivity index (χ2v) is 5.17. The van der Waals surface area contributed by atoms with Crippen LogP contribution in [0.1, 0.15) is 30.0 Å². The second kappa shape index (κ2) is 4.71. The van der Waals surface area contributed by atoms with E-state index in [1.807, 2.05) is 0 Å². The Balaban J connectivity index is 2.65. The Labute approximate surface area is 118 Å². The number of hydrogen-bond donors (Lipinski definition) is 0. The van der Waals surface area contributed by atoms with Crippen molar-refractivity contribution in [3.05, 3.63) is 23.7 Å². The number of carbonyl (C=O) groups excluding carboxylic acids is 1. The molecule has 114 valence electrons. The number of aromatic nitrogens is 3. The fourth-order valence-corrected chi connectivity index (χ4v) is 2.03. The summed E-state index contributed by atoms with van der Waals surface area (Å²) in [6, 6.07) is 1.33. The van der Waals surface area contributed by atoms with E-state index in [4.69, 9.17) is 0 Å². The molecule has 0 amide bonds. The Morgan fingerprint density at radius 3 is 2.48 bits per heavy atom. The molecule has 21 heavy (non-hydrogen) atoms. The zero-order chi connectivity index (χ0) is 16.0. The van der Waals surface area contributed by atoms with Gasteiger partial charge in [-0.3, -0.25) is 4.98 Å². The summed E-state index contributed by atoms with van der Waals surface area (Å²) in [4.78, 5) is 19.4. The molecule has 5 nitrogen and oxygen atoms in total. The maximum Gasteiger partial charge on any atom is 0.399 e.